The third-order valence-corrected chi connectivity index (χ3v) is 3.14. The number of aliphatic imine (C=N–C) groups is 1. The molecule has 88 valence electrons. The molecule has 1 atom stereocenters. The fourth-order valence-electron chi connectivity index (χ4n) is 1.96. The number of hydrogen-bond donors (Lipinski definition) is 0. The van der Waals surface area contributed by atoms with Crippen LogP contribution in [0.2, 0.25) is 0 Å². The van der Waals surface area contributed by atoms with E-state index >= 15 is 0 Å². The molecular weight excluding hydrogens is 238 g/mol. The van der Waals surface area contributed by atoms with E-state index in [0.717, 1.165) is 35.7 Å². The van der Waals surface area contributed by atoms with Crippen LogP contribution in [-0.4, -0.2) is 17.9 Å². The van der Waals surface area contributed by atoms with Crippen molar-refractivity contribution >= 4 is 23.0 Å². The van der Waals surface area contributed by atoms with Gasteiger partial charge in [-0.3, -0.25) is 0 Å². The molecular formula is C13H12ClNO2. The lowest BCUT2D eigenvalue weighted by molar-refractivity contribution is 0.0683. The van der Waals surface area contributed by atoms with Crippen LogP contribution in [0.5, 0.6) is 5.75 Å². The van der Waals surface area contributed by atoms with Crippen molar-refractivity contribution < 1.29 is 9.47 Å². The number of allylic oxidation sites excluding steroid dienone is 2. The Balaban J connectivity index is 2.06. The van der Waals surface area contributed by atoms with Crippen molar-refractivity contribution in [2.24, 2.45) is 4.99 Å². The zero-order chi connectivity index (χ0) is 11.7. The first-order chi connectivity index (χ1) is 8.33. The van der Waals surface area contributed by atoms with E-state index in [4.69, 9.17) is 21.1 Å². The first-order valence-corrected chi connectivity index (χ1v) is 6.03. The van der Waals surface area contributed by atoms with Crippen LogP contribution in [0.4, 0.5) is 5.69 Å². The summed E-state index contributed by atoms with van der Waals surface area (Å²) in [6, 6.07) is 7.68. The van der Waals surface area contributed by atoms with Crippen molar-refractivity contribution in [2.75, 3.05) is 6.79 Å². The van der Waals surface area contributed by atoms with E-state index < -0.39 is 0 Å². The monoisotopic (exact) mass is 249 g/mol. The van der Waals surface area contributed by atoms with E-state index in [1.54, 1.807) is 0 Å². The minimum Gasteiger partial charge on any atom is -0.456 e. The van der Waals surface area contributed by atoms with Gasteiger partial charge >= 0.3 is 0 Å². The largest absolute Gasteiger partial charge is 0.456 e. The molecule has 4 heteroatoms. The summed E-state index contributed by atoms with van der Waals surface area (Å²) in [6.45, 7) is 0.217. The maximum Gasteiger partial charge on any atom is 0.231 e. The molecule has 0 amide bonds. The van der Waals surface area contributed by atoms with Gasteiger partial charge in [0.05, 0.1) is 5.71 Å². The quantitative estimate of drug-likeness (QED) is 0.660. The second kappa shape index (κ2) is 4.41. The van der Waals surface area contributed by atoms with E-state index in [0.29, 0.717) is 0 Å². The Bertz CT molecular complexity index is 496. The predicted octanol–water partition coefficient (Wildman–Crippen LogP) is 3.41. The smallest absolute Gasteiger partial charge is 0.231 e. The summed E-state index contributed by atoms with van der Waals surface area (Å²) in [5, 5.41) is 0.105. The molecule has 1 aliphatic carbocycles. The molecule has 0 N–H and O–H groups in total. The van der Waals surface area contributed by atoms with Gasteiger partial charge in [0.25, 0.3) is 0 Å². The van der Waals surface area contributed by atoms with Gasteiger partial charge in [0, 0.05) is 11.8 Å². The standard InChI is InChI=1S/C13H12ClNO2/c14-9-5-6-13-11(7-9)15-10-3-1-2-4-12(10)16-8-17-13/h1-4,6,9H,5,7-8H2. The molecule has 1 unspecified atom stereocenters. The second-order valence-electron chi connectivity index (χ2n) is 4.04. The number of para-hydroxylation sites is 2. The summed E-state index contributed by atoms with van der Waals surface area (Å²) in [7, 11) is 0. The van der Waals surface area contributed by atoms with Crippen LogP contribution in [0.25, 0.3) is 0 Å². The molecule has 3 rings (SSSR count). The third-order valence-electron chi connectivity index (χ3n) is 2.81. The van der Waals surface area contributed by atoms with Crippen molar-refractivity contribution in [1.82, 2.24) is 0 Å². The molecule has 1 aromatic carbocycles. The molecule has 3 nitrogen and oxygen atoms in total. The normalized spacial score (nSPS) is 22.8. The van der Waals surface area contributed by atoms with Crippen molar-refractivity contribution in [3.8, 4) is 5.75 Å². The third kappa shape index (κ3) is 2.15. The Morgan fingerprint density at radius 1 is 1.24 bits per heavy atom. The molecule has 0 saturated carbocycles. The van der Waals surface area contributed by atoms with E-state index in [2.05, 4.69) is 4.99 Å². The molecule has 0 fully saturated rings. The Kier molecular flexibility index (Phi) is 2.77. The number of nitrogens with zero attached hydrogens (tertiary/aromatic N) is 1. The maximum absolute atomic E-state index is 6.15. The Morgan fingerprint density at radius 2 is 2.12 bits per heavy atom. The topological polar surface area (TPSA) is 30.8 Å². The van der Waals surface area contributed by atoms with Crippen LogP contribution in [0.3, 0.4) is 0 Å². The van der Waals surface area contributed by atoms with Gasteiger partial charge in [-0.25, -0.2) is 4.99 Å². The summed E-state index contributed by atoms with van der Waals surface area (Å²) in [5.74, 6) is 1.55. The van der Waals surface area contributed by atoms with Gasteiger partial charge in [-0.05, 0) is 24.6 Å². The second-order valence-corrected chi connectivity index (χ2v) is 4.66. The first-order valence-electron chi connectivity index (χ1n) is 5.60. The lowest BCUT2D eigenvalue weighted by Crippen LogP contribution is -2.20. The van der Waals surface area contributed by atoms with Crippen LogP contribution < -0.4 is 4.74 Å². The van der Waals surface area contributed by atoms with Gasteiger partial charge in [-0.1, -0.05) is 12.1 Å². The highest BCUT2D eigenvalue weighted by atomic mass is 35.5. The molecule has 1 heterocycles. The average Bonchev–Trinajstić information content (AvgIpc) is 2.31. The first kappa shape index (κ1) is 10.7. The molecule has 1 aliphatic heterocycles. The van der Waals surface area contributed by atoms with Gasteiger partial charge < -0.3 is 9.47 Å². The van der Waals surface area contributed by atoms with Crippen LogP contribution in [0.1, 0.15) is 12.8 Å². The lowest BCUT2D eigenvalue weighted by atomic mass is 10.0. The predicted molar refractivity (Wildman–Crippen MR) is 67.1 cm³/mol. The number of hydrogen-bond acceptors (Lipinski definition) is 3. The number of fused-ring (bicyclic) bond motifs is 2. The molecule has 0 saturated heterocycles. The zero-order valence-electron chi connectivity index (χ0n) is 9.23. The van der Waals surface area contributed by atoms with Crippen LogP contribution in [0.15, 0.2) is 41.1 Å². The van der Waals surface area contributed by atoms with E-state index in [-0.39, 0.29) is 12.2 Å². The fraction of sp³-hybridized carbons (Fsp3) is 0.308. The minimum absolute atomic E-state index is 0.105. The van der Waals surface area contributed by atoms with Crippen molar-refractivity contribution in [1.29, 1.82) is 0 Å². The van der Waals surface area contributed by atoms with E-state index in [1.807, 2.05) is 30.3 Å². The Hall–Kier alpha value is -1.48. The van der Waals surface area contributed by atoms with Crippen molar-refractivity contribution in [3.63, 3.8) is 0 Å². The Morgan fingerprint density at radius 3 is 3.06 bits per heavy atom. The number of ether oxygens (including phenoxy) is 2. The number of halogens is 1. The summed E-state index contributed by atoms with van der Waals surface area (Å²) < 4.78 is 11.0. The van der Waals surface area contributed by atoms with Gasteiger partial charge in [-0.2, -0.15) is 0 Å². The molecule has 0 spiro atoms. The summed E-state index contributed by atoms with van der Waals surface area (Å²) in [5.41, 5.74) is 1.74. The molecule has 2 aliphatic rings. The highest BCUT2D eigenvalue weighted by Crippen LogP contribution is 2.32. The van der Waals surface area contributed by atoms with Gasteiger partial charge in [0.1, 0.15) is 17.2 Å². The van der Waals surface area contributed by atoms with Crippen molar-refractivity contribution in [2.45, 2.75) is 18.2 Å². The van der Waals surface area contributed by atoms with Crippen LogP contribution >= 0.6 is 11.6 Å². The van der Waals surface area contributed by atoms with E-state index in [9.17, 15) is 0 Å². The maximum atomic E-state index is 6.15. The molecule has 0 radical (unpaired) electrons. The average molecular weight is 250 g/mol. The van der Waals surface area contributed by atoms with E-state index in [1.165, 1.54) is 0 Å². The summed E-state index contributed by atoms with van der Waals surface area (Å²) in [4.78, 5) is 4.59. The molecule has 0 bridgehead atoms. The summed E-state index contributed by atoms with van der Waals surface area (Å²) >= 11 is 6.15. The Labute approximate surface area is 105 Å². The number of rotatable bonds is 0. The lowest BCUT2D eigenvalue weighted by Gasteiger charge is -2.22. The van der Waals surface area contributed by atoms with Crippen LogP contribution in [0, 0.1) is 0 Å². The van der Waals surface area contributed by atoms with Gasteiger partial charge in [0.2, 0.25) is 6.79 Å². The van der Waals surface area contributed by atoms with Gasteiger partial charge in [-0.15, -0.1) is 11.6 Å². The molecule has 0 aromatic heterocycles. The van der Waals surface area contributed by atoms with Crippen LogP contribution in [-0.2, 0) is 4.74 Å². The highest BCUT2D eigenvalue weighted by molar-refractivity contribution is 6.23. The number of alkyl halides is 1. The SMILES string of the molecule is ClC1CC=C2OCOc3ccccc3N=C2C1. The number of benzene rings is 1. The zero-order valence-corrected chi connectivity index (χ0v) is 9.98. The van der Waals surface area contributed by atoms with Crippen molar-refractivity contribution in [3.05, 3.63) is 36.1 Å². The summed E-state index contributed by atoms with van der Waals surface area (Å²) in [6.07, 6.45) is 3.54. The fourth-order valence-corrected chi connectivity index (χ4v) is 2.20. The van der Waals surface area contributed by atoms with Gasteiger partial charge in [0.15, 0.2) is 0 Å². The molecule has 17 heavy (non-hydrogen) atoms. The minimum atomic E-state index is 0.105. The highest BCUT2D eigenvalue weighted by Gasteiger charge is 2.22. The molecule has 1 aromatic rings.